The molecule has 0 saturated heterocycles. The van der Waals surface area contributed by atoms with Crippen molar-refractivity contribution in [1.29, 1.82) is 0 Å². The van der Waals surface area contributed by atoms with Crippen molar-refractivity contribution in [1.82, 2.24) is 15.4 Å². The lowest BCUT2D eigenvalue weighted by Crippen LogP contribution is -2.29. The predicted octanol–water partition coefficient (Wildman–Crippen LogP) is 1.22. The van der Waals surface area contributed by atoms with Gasteiger partial charge in [-0.1, -0.05) is 0 Å². The third-order valence-electron chi connectivity index (χ3n) is 2.68. The van der Waals surface area contributed by atoms with Gasteiger partial charge in [-0.2, -0.15) is 0 Å². The Morgan fingerprint density at radius 1 is 1.44 bits per heavy atom. The molecular weight excluding hydrogens is 232 g/mol. The highest BCUT2D eigenvalue weighted by atomic mass is 16.5. The molecule has 6 nitrogen and oxygen atoms in total. The second-order valence-corrected chi connectivity index (χ2v) is 3.79. The number of ether oxygens (including phenoxy) is 1. The summed E-state index contributed by atoms with van der Waals surface area (Å²) >= 11 is 0. The second-order valence-electron chi connectivity index (χ2n) is 3.79. The summed E-state index contributed by atoms with van der Waals surface area (Å²) in [5.41, 5.74) is 3.43. The van der Waals surface area contributed by atoms with Crippen molar-refractivity contribution in [3.8, 4) is 5.88 Å². The summed E-state index contributed by atoms with van der Waals surface area (Å²) in [7, 11) is 1.56. The summed E-state index contributed by atoms with van der Waals surface area (Å²) in [6, 6.07) is 3.67. The normalized spacial score (nSPS) is 12.3. The van der Waals surface area contributed by atoms with Crippen molar-refractivity contribution in [3.63, 3.8) is 0 Å². The summed E-state index contributed by atoms with van der Waals surface area (Å²) in [5.74, 6) is 6.96. The molecule has 0 bridgehead atoms. The Hall–Kier alpha value is -1.92. The Morgan fingerprint density at radius 3 is 2.94 bits per heavy atom. The smallest absolute Gasteiger partial charge is 0.237 e. The van der Waals surface area contributed by atoms with Gasteiger partial charge in [0.25, 0.3) is 0 Å². The lowest BCUT2D eigenvalue weighted by Gasteiger charge is -2.16. The van der Waals surface area contributed by atoms with Crippen LogP contribution in [-0.4, -0.2) is 17.1 Å². The third-order valence-corrected chi connectivity index (χ3v) is 2.68. The maximum atomic E-state index is 5.56. The summed E-state index contributed by atoms with van der Waals surface area (Å²) in [4.78, 5) is 8.37. The Labute approximate surface area is 105 Å². The van der Waals surface area contributed by atoms with Crippen molar-refractivity contribution in [2.45, 2.75) is 18.9 Å². The molecule has 2 aromatic heterocycles. The summed E-state index contributed by atoms with van der Waals surface area (Å²) in [6.45, 7) is 0. The maximum absolute atomic E-state index is 5.56. The van der Waals surface area contributed by atoms with Crippen LogP contribution in [0.4, 0.5) is 0 Å². The van der Waals surface area contributed by atoms with E-state index in [4.69, 9.17) is 15.0 Å². The van der Waals surface area contributed by atoms with Crippen LogP contribution in [0.5, 0.6) is 5.88 Å². The largest absolute Gasteiger partial charge is 0.480 e. The molecule has 18 heavy (non-hydrogen) atoms. The number of hydrogen-bond acceptors (Lipinski definition) is 6. The highest BCUT2D eigenvalue weighted by Gasteiger charge is 2.17. The van der Waals surface area contributed by atoms with Crippen LogP contribution in [0.25, 0.3) is 0 Å². The SMILES string of the molecule is COc1nccnc1C(CCc1ccco1)NN. The predicted molar refractivity (Wildman–Crippen MR) is 65.7 cm³/mol. The number of hydrogen-bond donors (Lipinski definition) is 2. The Morgan fingerprint density at radius 2 is 2.28 bits per heavy atom. The molecule has 96 valence electrons. The van der Waals surface area contributed by atoms with Gasteiger partial charge in [0.1, 0.15) is 11.5 Å². The van der Waals surface area contributed by atoms with Crippen LogP contribution in [-0.2, 0) is 6.42 Å². The average molecular weight is 248 g/mol. The van der Waals surface area contributed by atoms with Crippen molar-refractivity contribution in [2.24, 2.45) is 5.84 Å². The number of aromatic nitrogens is 2. The van der Waals surface area contributed by atoms with Crippen LogP contribution in [0.15, 0.2) is 35.2 Å². The van der Waals surface area contributed by atoms with Crippen LogP contribution in [0.1, 0.15) is 23.9 Å². The molecule has 2 aromatic rings. The van der Waals surface area contributed by atoms with E-state index < -0.39 is 0 Å². The van der Waals surface area contributed by atoms with E-state index in [2.05, 4.69) is 15.4 Å². The zero-order valence-corrected chi connectivity index (χ0v) is 10.2. The highest BCUT2D eigenvalue weighted by Crippen LogP contribution is 2.23. The third kappa shape index (κ3) is 2.85. The van der Waals surface area contributed by atoms with Crippen LogP contribution < -0.4 is 16.0 Å². The van der Waals surface area contributed by atoms with Gasteiger partial charge in [-0.15, -0.1) is 0 Å². The molecule has 0 radical (unpaired) electrons. The Balaban J connectivity index is 2.08. The van der Waals surface area contributed by atoms with Gasteiger partial charge in [0.15, 0.2) is 0 Å². The van der Waals surface area contributed by atoms with E-state index >= 15 is 0 Å². The molecule has 1 unspecified atom stereocenters. The summed E-state index contributed by atoms with van der Waals surface area (Å²) in [6.07, 6.45) is 6.38. The first-order chi connectivity index (χ1) is 8.85. The molecule has 2 heterocycles. The molecule has 3 N–H and O–H groups in total. The van der Waals surface area contributed by atoms with Gasteiger partial charge < -0.3 is 9.15 Å². The summed E-state index contributed by atoms with van der Waals surface area (Å²) in [5, 5.41) is 0. The number of methoxy groups -OCH3 is 1. The lowest BCUT2D eigenvalue weighted by atomic mass is 10.1. The number of aryl methyl sites for hydroxylation is 1. The number of nitrogens with one attached hydrogen (secondary N) is 1. The van der Waals surface area contributed by atoms with Gasteiger partial charge >= 0.3 is 0 Å². The van der Waals surface area contributed by atoms with E-state index in [1.54, 1.807) is 25.8 Å². The van der Waals surface area contributed by atoms with Gasteiger partial charge in [0.05, 0.1) is 19.4 Å². The molecule has 2 rings (SSSR count). The van der Waals surface area contributed by atoms with E-state index in [0.29, 0.717) is 11.6 Å². The van der Waals surface area contributed by atoms with Gasteiger partial charge in [0.2, 0.25) is 5.88 Å². The van der Waals surface area contributed by atoms with Gasteiger partial charge in [-0.05, 0) is 18.6 Å². The van der Waals surface area contributed by atoms with E-state index in [1.165, 1.54) is 0 Å². The zero-order chi connectivity index (χ0) is 12.8. The minimum absolute atomic E-state index is 0.126. The van der Waals surface area contributed by atoms with Crippen molar-refractivity contribution in [2.75, 3.05) is 7.11 Å². The first-order valence-electron chi connectivity index (χ1n) is 5.68. The zero-order valence-electron chi connectivity index (χ0n) is 10.2. The molecule has 6 heteroatoms. The fraction of sp³-hybridized carbons (Fsp3) is 0.333. The molecule has 0 aliphatic heterocycles. The Kier molecular flexibility index (Phi) is 4.27. The molecule has 1 atom stereocenters. The molecule has 0 aliphatic rings. The van der Waals surface area contributed by atoms with Gasteiger partial charge in [-0.3, -0.25) is 16.3 Å². The maximum Gasteiger partial charge on any atom is 0.237 e. The lowest BCUT2D eigenvalue weighted by molar-refractivity contribution is 0.371. The average Bonchev–Trinajstić information content (AvgIpc) is 2.93. The minimum atomic E-state index is -0.126. The van der Waals surface area contributed by atoms with E-state index in [9.17, 15) is 0 Å². The van der Waals surface area contributed by atoms with Crippen LogP contribution >= 0.6 is 0 Å². The molecule has 0 saturated carbocycles. The fourth-order valence-electron chi connectivity index (χ4n) is 1.77. The molecule has 0 fully saturated rings. The standard InChI is InChI=1S/C12H16N4O2/c1-17-12-11(14-6-7-15-12)10(16-13)5-4-9-3-2-8-18-9/h2-3,6-8,10,16H,4-5,13H2,1H3. The van der Waals surface area contributed by atoms with E-state index in [1.807, 2.05) is 12.1 Å². The topological polar surface area (TPSA) is 86.2 Å². The monoisotopic (exact) mass is 248 g/mol. The summed E-state index contributed by atoms with van der Waals surface area (Å²) < 4.78 is 10.5. The fourth-order valence-corrected chi connectivity index (χ4v) is 1.77. The highest BCUT2D eigenvalue weighted by molar-refractivity contribution is 5.21. The first-order valence-corrected chi connectivity index (χ1v) is 5.68. The molecule has 0 amide bonds. The Bertz CT molecular complexity index is 473. The van der Waals surface area contributed by atoms with Gasteiger partial charge in [-0.25, -0.2) is 4.98 Å². The van der Waals surface area contributed by atoms with Crippen molar-refractivity contribution in [3.05, 3.63) is 42.2 Å². The van der Waals surface area contributed by atoms with Gasteiger partial charge in [0, 0.05) is 18.8 Å². The number of nitrogens with two attached hydrogens (primary N) is 1. The quantitative estimate of drug-likeness (QED) is 0.590. The molecule has 0 spiro atoms. The van der Waals surface area contributed by atoms with Crippen molar-refractivity contribution >= 4 is 0 Å². The minimum Gasteiger partial charge on any atom is -0.480 e. The van der Waals surface area contributed by atoms with Crippen LogP contribution in [0, 0.1) is 0 Å². The van der Waals surface area contributed by atoms with E-state index in [-0.39, 0.29) is 6.04 Å². The van der Waals surface area contributed by atoms with Crippen LogP contribution in [0.3, 0.4) is 0 Å². The first kappa shape index (κ1) is 12.5. The van der Waals surface area contributed by atoms with E-state index in [0.717, 1.165) is 18.6 Å². The molecule has 0 aliphatic carbocycles. The number of hydrazine groups is 1. The molecule has 0 aromatic carbocycles. The second kappa shape index (κ2) is 6.13. The number of rotatable bonds is 6. The number of nitrogens with zero attached hydrogens (tertiary/aromatic N) is 2. The van der Waals surface area contributed by atoms with Crippen molar-refractivity contribution < 1.29 is 9.15 Å². The van der Waals surface area contributed by atoms with Crippen LogP contribution in [0.2, 0.25) is 0 Å². The number of furan rings is 1. The molecular formula is C12H16N4O2.